The van der Waals surface area contributed by atoms with Gasteiger partial charge in [-0.25, -0.2) is 0 Å². The van der Waals surface area contributed by atoms with E-state index in [0.717, 1.165) is 32.1 Å². The molecule has 0 amide bonds. The van der Waals surface area contributed by atoms with Gasteiger partial charge in [-0.1, -0.05) is 38.0 Å². The number of carbonyl (C=O) groups is 2. The molecular formula is C24H38O4. The molecule has 28 heavy (non-hydrogen) atoms. The summed E-state index contributed by atoms with van der Waals surface area (Å²) in [5.41, 5.74) is 2.90. The molecule has 2 aliphatic rings. The topological polar surface area (TPSA) is 52.6 Å². The van der Waals surface area contributed by atoms with Gasteiger partial charge in [-0.05, 0) is 68.8 Å². The Hall–Kier alpha value is -1.58. The molecule has 0 bridgehead atoms. The predicted molar refractivity (Wildman–Crippen MR) is 112 cm³/mol. The van der Waals surface area contributed by atoms with Crippen molar-refractivity contribution < 1.29 is 19.1 Å². The van der Waals surface area contributed by atoms with Crippen molar-refractivity contribution in [1.82, 2.24) is 0 Å². The first-order valence-electron chi connectivity index (χ1n) is 10.7. The number of hydrogen-bond acceptors (Lipinski definition) is 4. The molecule has 2 aliphatic carbocycles. The SMILES string of the molecule is C=C1CC[C@H]2[C@@](C)(COC(C)=O)CCC[C@]2(C)[C@H]1CC/C(C)=C/COC(C)=O. The summed E-state index contributed by atoms with van der Waals surface area (Å²) in [6.07, 6.45) is 9.82. The van der Waals surface area contributed by atoms with E-state index in [9.17, 15) is 9.59 Å². The van der Waals surface area contributed by atoms with E-state index in [1.54, 1.807) is 0 Å². The fourth-order valence-electron chi connectivity index (χ4n) is 5.83. The predicted octanol–water partition coefficient (Wildman–Crippen LogP) is 5.62. The first-order chi connectivity index (χ1) is 13.1. The molecule has 0 unspecified atom stereocenters. The van der Waals surface area contributed by atoms with Crippen LogP contribution in [0.15, 0.2) is 23.8 Å². The second-order valence-corrected chi connectivity index (χ2v) is 9.49. The van der Waals surface area contributed by atoms with Crippen LogP contribution in [0.5, 0.6) is 0 Å². The van der Waals surface area contributed by atoms with E-state index in [2.05, 4.69) is 27.4 Å². The lowest BCUT2D eigenvalue weighted by molar-refractivity contribution is -0.152. The second-order valence-electron chi connectivity index (χ2n) is 9.49. The van der Waals surface area contributed by atoms with Crippen molar-refractivity contribution in [2.75, 3.05) is 13.2 Å². The quantitative estimate of drug-likeness (QED) is 0.418. The van der Waals surface area contributed by atoms with E-state index in [4.69, 9.17) is 9.47 Å². The molecule has 4 nitrogen and oxygen atoms in total. The largest absolute Gasteiger partial charge is 0.465 e. The molecule has 4 heteroatoms. The van der Waals surface area contributed by atoms with E-state index in [0.29, 0.717) is 25.0 Å². The summed E-state index contributed by atoms with van der Waals surface area (Å²) >= 11 is 0. The second kappa shape index (κ2) is 9.28. The number of fused-ring (bicyclic) bond motifs is 1. The van der Waals surface area contributed by atoms with Crippen molar-refractivity contribution in [2.24, 2.45) is 22.7 Å². The highest BCUT2D eigenvalue weighted by Crippen LogP contribution is 2.62. The van der Waals surface area contributed by atoms with Crippen LogP contribution in [0.25, 0.3) is 0 Å². The van der Waals surface area contributed by atoms with Crippen molar-refractivity contribution in [1.29, 1.82) is 0 Å². The number of hydrogen-bond donors (Lipinski definition) is 0. The van der Waals surface area contributed by atoms with E-state index in [1.165, 1.54) is 37.8 Å². The lowest BCUT2D eigenvalue weighted by Gasteiger charge is -2.58. The highest BCUT2D eigenvalue weighted by molar-refractivity contribution is 5.66. The normalized spacial score (nSPS) is 33.2. The minimum atomic E-state index is -0.241. The summed E-state index contributed by atoms with van der Waals surface area (Å²) in [5, 5.41) is 0. The fourth-order valence-corrected chi connectivity index (χ4v) is 5.83. The van der Waals surface area contributed by atoms with Crippen LogP contribution < -0.4 is 0 Å². The Balaban J connectivity index is 2.10. The van der Waals surface area contributed by atoms with Crippen LogP contribution in [-0.2, 0) is 19.1 Å². The van der Waals surface area contributed by atoms with Gasteiger partial charge in [0, 0.05) is 19.3 Å². The Bertz CT molecular complexity index is 635. The van der Waals surface area contributed by atoms with Crippen molar-refractivity contribution in [3.8, 4) is 0 Å². The third-order valence-electron chi connectivity index (χ3n) is 7.29. The molecule has 2 fully saturated rings. The van der Waals surface area contributed by atoms with Gasteiger partial charge in [0.25, 0.3) is 0 Å². The summed E-state index contributed by atoms with van der Waals surface area (Å²) in [7, 11) is 0. The molecule has 2 rings (SSSR count). The zero-order valence-corrected chi connectivity index (χ0v) is 18.4. The minimum absolute atomic E-state index is 0.0534. The maximum Gasteiger partial charge on any atom is 0.302 e. The highest BCUT2D eigenvalue weighted by Gasteiger charge is 2.54. The molecule has 0 aromatic carbocycles. The van der Waals surface area contributed by atoms with Gasteiger partial charge in [0.15, 0.2) is 0 Å². The van der Waals surface area contributed by atoms with Crippen LogP contribution in [0.1, 0.15) is 79.6 Å². The minimum Gasteiger partial charge on any atom is -0.465 e. The number of rotatable bonds is 7. The molecule has 0 aliphatic heterocycles. The number of esters is 2. The van der Waals surface area contributed by atoms with Crippen molar-refractivity contribution >= 4 is 11.9 Å². The van der Waals surface area contributed by atoms with Crippen LogP contribution in [-0.4, -0.2) is 25.2 Å². The molecular weight excluding hydrogens is 352 g/mol. The third-order valence-corrected chi connectivity index (χ3v) is 7.29. The van der Waals surface area contributed by atoms with E-state index in [1.807, 2.05) is 6.08 Å². The van der Waals surface area contributed by atoms with Gasteiger partial charge in [-0.3, -0.25) is 9.59 Å². The maximum absolute atomic E-state index is 11.4. The van der Waals surface area contributed by atoms with E-state index >= 15 is 0 Å². The van der Waals surface area contributed by atoms with Crippen LogP contribution in [0, 0.1) is 22.7 Å². The van der Waals surface area contributed by atoms with Gasteiger partial charge >= 0.3 is 11.9 Å². The molecule has 0 radical (unpaired) electrons. The molecule has 0 spiro atoms. The first kappa shape index (κ1) is 22.7. The van der Waals surface area contributed by atoms with Gasteiger partial charge in [-0.2, -0.15) is 0 Å². The number of allylic oxidation sites excluding steroid dienone is 2. The molecule has 158 valence electrons. The Morgan fingerprint density at radius 3 is 2.46 bits per heavy atom. The number of carbonyl (C=O) groups excluding carboxylic acids is 2. The summed E-state index contributed by atoms with van der Waals surface area (Å²) in [4.78, 5) is 22.4. The summed E-state index contributed by atoms with van der Waals surface area (Å²) in [6, 6.07) is 0. The Labute approximate surface area is 170 Å². The zero-order chi connectivity index (χ0) is 20.9. The third kappa shape index (κ3) is 5.27. The Morgan fingerprint density at radius 2 is 1.82 bits per heavy atom. The summed E-state index contributed by atoms with van der Waals surface area (Å²) in [5.74, 6) is 0.613. The molecule has 0 aromatic heterocycles. The van der Waals surface area contributed by atoms with Gasteiger partial charge in [0.1, 0.15) is 6.61 Å². The average Bonchev–Trinajstić information content (AvgIpc) is 2.59. The van der Waals surface area contributed by atoms with Gasteiger partial charge in [-0.15, -0.1) is 0 Å². The van der Waals surface area contributed by atoms with Gasteiger partial charge in [0.2, 0.25) is 0 Å². The molecule has 4 atom stereocenters. The van der Waals surface area contributed by atoms with Crippen LogP contribution in [0.2, 0.25) is 0 Å². The van der Waals surface area contributed by atoms with Crippen LogP contribution >= 0.6 is 0 Å². The van der Waals surface area contributed by atoms with Gasteiger partial charge in [0.05, 0.1) is 6.61 Å². The average molecular weight is 391 g/mol. The maximum atomic E-state index is 11.4. The smallest absolute Gasteiger partial charge is 0.302 e. The van der Waals surface area contributed by atoms with Crippen molar-refractivity contribution in [2.45, 2.75) is 79.6 Å². The molecule has 0 heterocycles. The van der Waals surface area contributed by atoms with Crippen LogP contribution in [0.4, 0.5) is 0 Å². The Morgan fingerprint density at radius 1 is 1.14 bits per heavy atom. The molecule has 2 saturated carbocycles. The first-order valence-corrected chi connectivity index (χ1v) is 10.7. The van der Waals surface area contributed by atoms with Crippen molar-refractivity contribution in [3.05, 3.63) is 23.8 Å². The summed E-state index contributed by atoms with van der Waals surface area (Å²) < 4.78 is 10.5. The van der Waals surface area contributed by atoms with Crippen LogP contribution in [0.3, 0.4) is 0 Å². The Kier molecular flexibility index (Phi) is 7.52. The monoisotopic (exact) mass is 390 g/mol. The van der Waals surface area contributed by atoms with Crippen molar-refractivity contribution in [3.63, 3.8) is 0 Å². The standard InChI is InChI=1S/C24H38O4/c1-17(12-15-27-19(3)25)8-10-21-18(2)9-11-22-23(5,16-28-20(4)26)13-7-14-24(21,22)6/h12,21-22H,2,7-11,13-16H2,1,3-6H3/b17-12+/t21-,22-,23+,24+/m0/s1. The lowest BCUT2D eigenvalue weighted by Crippen LogP contribution is -2.52. The zero-order valence-electron chi connectivity index (χ0n) is 18.4. The highest BCUT2D eigenvalue weighted by atomic mass is 16.5. The fraction of sp³-hybridized carbons (Fsp3) is 0.750. The number of ether oxygens (including phenoxy) is 2. The summed E-state index contributed by atoms with van der Waals surface area (Å²) in [6.45, 7) is 15.1. The molecule has 0 N–H and O–H groups in total. The molecule has 0 aromatic rings. The van der Waals surface area contributed by atoms with E-state index in [-0.39, 0.29) is 22.8 Å². The lowest BCUT2D eigenvalue weighted by atomic mass is 9.47. The van der Waals surface area contributed by atoms with E-state index < -0.39 is 0 Å². The van der Waals surface area contributed by atoms with Gasteiger partial charge < -0.3 is 9.47 Å². The molecule has 0 saturated heterocycles.